The predicted molar refractivity (Wildman–Crippen MR) is 117 cm³/mol. The molecule has 5 heteroatoms. The van der Waals surface area contributed by atoms with E-state index in [-0.39, 0.29) is 17.5 Å². The Labute approximate surface area is 171 Å². The molecule has 5 nitrogen and oxygen atoms in total. The van der Waals surface area contributed by atoms with Crippen molar-refractivity contribution in [2.45, 2.75) is 20.8 Å². The van der Waals surface area contributed by atoms with Crippen molar-refractivity contribution in [3.05, 3.63) is 89.7 Å². The highest BCUT2D eigenvalue weighted by atomic mass is 16.2. The second-order valence-corrected chi connectivity index (χ2v) is 6.70. The summed E-state index contributed by atoms with van der Waals surface area (Å²) in [6.45, 7) is 6.87. The molecule has 2 aromatic carbocycles. The molecule has 3 rings (SSSR count). The Morgan fingerprint density at radius 3 is 2.10 bits per heavy atom. The Morgan fingerprint density at radius 1 is 0.793 bits per heavy atom. The Morgan fingerprint density at radius 2 is 1.45 bits per heavy atom. The smallest absolute Gasteiger partial charge is 0.276 e. The van der Waals surface area contributed by atoms with Gasteiger partial charge in [0.15, 0.2) is 0 Å². The van der Waals surface area contributed by atoms with E-state index in [0.717, 1.165) is 16.9 Å². The Hall–Kier alpha value is -3.47. The lowest BCUT2D eigenvalue weighted by atomic mass is 10.1. The molecule has 1 heterocycles. The number of anilines is 2. The molecule has 0 aliphatic rings. The molecule has 0 N–H and O–H groups in total. The second kappa shape index (κ2) is 9.15. The number of carbonyl (C=O) groups excluding carboxylic acids is 2. The van der Waals surface area contributed by atoms with E-state index >= 15 is 0 Å². The minimum atomic E-state index is -0.226. The maximum Gasteiger partial charge on any atom is 0.276 e. The molecule has 0 fully saturated rings. The fraction of sp³-hybridized carbons (Fsp3) is 0.208. The van der Waals surface area contributed by atoms with Gasteiger partial charge >= 0.3 is 0 Å². The third-order valence-corrected chi connectivity index (χ3v) is 4.73. The first-order chi connectivity index (χ1) is 14.0. The highest BCUT2D eigenvalue weighted by Crippen LogP contribution is 2.20. The summed E-state index contributed by atoms with van der Waals surface area (Å²) >= 11 is 0. The monoisotopic (exact) mass is 387 g/mol. The summed E-state index contributed by atoms with van der Waals surface area (Å²) in [6.07, 6.45) is 1.52. The topological polar surface area (TPSA) is 53.5 Å². The van der Waals surface area contributed by atoms with Gasteiger partial charge in [-0.1, -0.05) is 30.3 Å². The minimum absolute atomic E-state index is 0.159. The minimum Gasteiger partial charge on any atom is -0.309 e. The highest BCUT2D eigenvalue weighted by molar-refractivity contribution is 6.09. The zero-order valence-corrected chi connectivity index (χ0v) is 17.0. The molecular weight excluding hydrogens is 362 g/mol. The van der Waals surface area contributed by atoms with Crippen molar-refractivity contribution >= 4 is 23.2 Å². The Balaban J connectivity index is 1.90. The third kappa shape index (κ3) is 4.51. The van der Waals surface area contributed by atoms with Crippen molar-refractivity contribution in [2.75, 3.05) is 22.9 Å². The van der Waals surface area contributed by atoms with Gasteiger partial charge in [0.2, 0.25) is 0 Å². The summed E-state index contributed by atoms with van der Waals surface area (Å²) in [5, 5.41) is 0. The van der Waals surface area contributed by atoms with E-state index in [1.165, 1.54) is 6.20 Å². The molecule has 2 amide bonds. The van der Waals surface area contributed by atoms with Gasteiger partial charge in [-0.25, -0.2) is 0 Å². The van der Waals surface area contributed by atoms with E-state index in [1.807, 2.05) is 75.4 Å². The van der Waals surface area contributed by atoms with Crippen molar-refractivity contribution in [1.29, 1.82) is 0 Å². The zero-order valence-electron chi connectivity index (χ0n) is 17.0. The van der Waals surface area contributed by atoms with Crippen molar-refractivity contribution in [3.8, 4) is 0 Å². The van der Waals surface area contributed by atoms with Gasteiger partial charge in [-0.05, 0) is 62.7 Å². The normalized spacial score (nSPS) is 10.4. The van der Waals surface area contributed by atoms with E-state index in [4.69, 9.17) is 0 Å². The van der Waals surface area contributed by atoms with Gasteiger partial charge in [0.1, 0.15) is 5.69 Å². The molecule has 0 atom stereocenters. The average molecular weight is 387 g/mol. The Bertz CT molecular complexity index is 1000. The molecule has 0 saturated heterocycles. The first-order valence-corrected chi connectivity index (χ1v) is 9.76. The molecule has 0 aliphatic carbocycles. The van der Waals surface area contributed by atoms with Crippen molar-refractivity contribution in [3.63, 3.8) is 0 Å². The number of aromatic nitrogens is 1. The number of hydrogen-bond acceptors (Lipinski definition) is 3. The number of benzene rings is 2. The first kappa shape index (κ1) is 20.3. The van der Waals surface area contributed by atoms with E-state index in [0.29, 0.717) is 18.7 Å². The lowest BCUT2D eigenvalue weighted by Gasteiger charge is -2.23. The predicted octanol–water partition coefficient (Wildman–Crippen LogP) is 4.72. The van der Waals surface area contributed by atoms with Gasteiger partial charge in [0, 0.05) is 36.2 Å². The lowest BCUT2D eigenvalue weighted by Crippen LogP contribution is -2.33. The molecule has 0 saturated carbocycles. The maximum atomic E-state index is 13.1. The van der Waals surface area contributed by atoms with Crippen LogP contribution in [-0.4, -0.2) is 29.9 Å². The van der Waals surface area contributed by atoms with Crippen LogP contribution in [0.2, 0.25) is 0 Å². The third-order valence-electron chi connectivity index (χ3n) is 4.73. The van der Waals surface area contributed by atoms with Crippen molar-refractivity contribution < 1.29 is 9.59 Å². The molecule has 0 radical (unpaired) electrons. The summed E-state index contributed by atoms with van der Waals surface area (Å²) in [7, 11) is 0. The van der Waals surface area contributed by atoms with Crippen LogP contribution >= 0.6 is 0 Å². The van der Waals surface area contributed by atoms with Gasteiger partial charge < -0.3 is 9.80 Å². The van der Waals surface area contributed by atoms with Gasteiger partial charge in [-0.3, -0.25) is 14.6 Å². The number of hydrogen-bond donors (Lipinski definition) is 0. The molecule has 0 bridgehead atoms. The van der Waals surface area contributed by atoms with Gasteiger partial charge in [0.05, 0.1) is 0 Å². The van der Waals surface area contributed by atoms with Crippen LogP contribution in [0.25, 0.3) is 0 Å². The number of pyridine rings is 1. The lowest BCUT2D eigenvalue weighted by molar-refractivity contribution is 0.0983. The summed E-state index contributed by atoms with van der Waals surface area (Å²) in [5.74, 6) is -0.385. The van der Waals surface area contributed by atoms with Crippen LogP contribution in [0.15, 0.2) is 72.9 Å². The molecule has 3 aromatic rings. The van der Waals surface area contributed by atoms with Crippen LogP contribution < -0.4 is 9.80 Å². The molecule has 29 heavy (non-hydrogen) atoms. The van der Waals surface area contributed by atoms with Crippen LogP contribution in [0, 0.1) is 6.92 Å². The Kier molecular flexibility index (Phi) is 6.39. The second-order valence-electron chi connectivity index (χ2n) is 6.70. The molecule has 0 aliphatic heterocycles. The number of rotatable bonds is 6. The molecular formula is C24H25N3O2. The summed E-state index contributed by atoms with van der Waals surface area (Å²) in [5.41, 5.74) is 3.40. The molecule has 1 aromatic heterocycles. The van der Waals surface area contributed by atoms with E-state index in [2.05, 4.69) is 4.98 Å². The largest absolute Gasteiger partial charge is 0.309 e. The zero-order chi connectivity index (χ0) is 20.8. The van der Waals surface area contributed by atoms with Gasteiger partial charge in [-0.2, -0.15) is 0 Å². The summed E-state index contributed by atoms with van der Waals surface area (Å²) in [6, 6.07) is 20.5. The summed E-state index contributed by atoms with van der Waals surface area (Å²) in [4.78, 5) is 33.8. The van der Waals surface area contributed by atoms with Crippen molar-refractivity contribution in [2.24, 2.45) is 0 Å². The molecule has 148 valence electrons. The average Bonchev–Trinajstić information content (AvgIpc) is 2.75. The van der Waals surface area contributed by atoms with E-state index < -0.39 is 0 Å². The SMILES string of the molecule is CCN(C(=O)c1ccnc(C(=O)N(CC)c2cccc(C)c2)c1)c1ccccc1. The van der Waals surface area contributed by atoms with Crippen LogP contribution in [0.1, 0.15) is 40.3 Å². The molecule has 0 spiro atoms. The quantitative estimate of drug-likeness (QED) is 0.615. The maximum absolute atomic E-state index is 13.1. The van der Waals surface area contributed by atoms with Crippen LogP contribution in [-0.2, 0) is 0 Å². The van der Waals surface area contributed by atoms with Gasteiger partial charge in [-0.15, -0.1) is 0 Å². The fourth-order valence-electron chi connectivity index (χ4n) is 3.27. The van der Waals surface area contributed by atoms with Crippen LogP contribution in [0.5, 0.6) is 0 Å². The van der Waals surface area contributed by atoms with Crippen LogP contribution in [0.4, 0.5) is 11.4 Å². The highest BCUT2D eigenvalue weighted by Gasteiger charge is 2.21. The fourth-order valence-corrected chi connectivity index (χ4v) is 3.27. The molecule has 0 unspecified atom stereocenters. The van der Waals surface area contributed by atoms with E-state index in [1.54, 1.807) is 21.9 Å². The standard InChI is InChI=1S/C24H25N3O2/c1-4-26(20-11-7-6-8-12-20)23(28)19-14-15-25-22(17-19)24(29)27(5-2)21-13-9-10-18(3)16-21/h6-17H,4-5H2,1-3H3. The number of carbonyl (C=O) groups is 2. The number of para-hydroxylation sites is 1. The number of nitrogens with zero attached hydrogens (tertiary/aromatic N) is 3. The first-order valence-electron chi connectivity index (χ1n) is 9.76. The van der Waals surface area contributed by atoms with Gasteiger partial charge in [0.25, 0.3) is 11.8 Å². The summed E-state index contributed by atoms with van der Waals surface area (Å²) < 4.78 is 0. The van der Waals surface area contributed by atoms with Crippen molar-refractivity contribution in [1.82, 2.24) is 4.98 Å². The number of aryl methyl sites for hydroxylation is 1. The van der Waals surface area contributed by atoms with E-state index in [9.17, 15) is 9.59 Å². The van der Waals surface area contributed by atoms with Crippen LogP contribution in [0.3, 0.4) is 0 Å². The number of amides is 2.